The van der Waals surface area contributed by atoms with Crippen molar-refractivity contribution >= 4 is 12.6 Å². The molecule has 41 valence electrons. The van der Waals surface area contributed by atoms with Gasteiger partial charge in [-0.2, -0.15) is 0 Å². The highest BCUT2D eigenvalue weighted by Crippen LogP contribution is 2.05. The molecule has 0 aromatic rings. The lowest BCUT2D eigenvalue weighted by Gasteiger charge is -1.98. The first-order valence-electron chi connectivity index (χ1n) is 2.47. The molecule has 0 aromatic carbocycles. The zero-order chi connectivity index (χ0) is 5.86. The third kappa shape index (κ3) is 2.75. The van der Waals surface area contributed by atoms with Crippen LogP contribution < -0.4 is 0 Å². The molecular weight excluding hydrogens is 104 g/mol. The van der Waals surface area contributed by atoms with Gasteiger partial charge in [-0.1, -0.05) is 24.3 Å². The number of hydrogen-bond acceptors (Lipinski definition) is 0. The molecule has 0 fully saturated rings. The van der Waals surface area contributed by atoms with Crippen molar-refractivity contribution < 1.29 is 0 Å². The van der Waals surface area contributed by atoms with Gasteiger partial charge in [-0.25, -0.2) is 0 Å². The van der Waals surface area contributed by atoms with Gasteiger partial charge in [-0.3, -0.25) is 0 Å². The Kier molecular flexibility index (Phi) is 3.18. The Bertz CT molecular complexity index is 72.2. The van der Waals surface area contributed by atoms with Gasteiger partial charge in [0.05, 0.1) is 0 Å². The molecule has 0 N–H and O–H groups in total. The molecular formula is C6H11S. The fraction of sp³-hybridized carbons (Fsp3) is 0.667. The summed E-state index contributed by atoms with van der Waals surface area (Å²) in [6.07, 6.45) is 2.05. The largest absolute Gasteiger partial charge is 0.0876 e. The molecule has 0 bridgehead atoms. The van der Waals surface area contributed by atoms with Gasteiger partial charge in [0.15, 0.2) is 0 Å². The zero-order valence-corrected chi connectivity index (χ0v) is 5.88. The van der Waals surface area contributed by atoms with Crippen molar-refractivity contribution in [1.29, 1.82) is 0 Å². The van der Waals surface area contributed by atoms with Crippen LogP contribution in [0.4, 0.5) is 0 Å². The number of allylic oxidation sites excluding steroid dienone is 1. The summed E-state index contributed by atoms with van der Waals surface area (Å²) in [7, 11) is 0. The van der Waals surface area contributed by atoms with Crippen molar-refractivity contribution in [3.8, 4) is 0 Å². The van der Waals surface area contributed by atoms with Crippen molar-refractivity contribution in [2.24, 2.45) is 0 Å². The Morgan fingerprint density at radius 3 is 2.14 bits per heavy atom. The average Bonchev–Trinajstić information content (AvgIpc) is 1.65. The first-order valence-corrected chi connectivity index (χ1v) is 2.94. The second-order valence-electron chi connectivity index (χ2n) is 1.67. The lowest BCUT2D eigenvalue weighted by atomic mass is 10.2. The SMILES string of the molecule is C/C=C(\C)C(C)[S]. The average molecular weight is 115 g/mol. The lowest BCUT2D eigenvalue weighted by molar-refractivity contribution is 1.12. The van der Waals surface area contributed by atoms with Crippen LogP contribution in [0.5, 0.6) is 0 Å². The Labute approximate surface area is 51.0 Å². The van der Waals surface area contributed by atoms with Gasteiger partial charge < -0.3 is 0 Å². The van der Waals surface area contributed by atoms with E-state index in [-0.39, 0.29) is 0 Å². The third-order valence-corrected chi connectivity index (χ3v) is 1.47. The normalized spacial score (nSPS) is 16.9. The Morgan fingerprint density at radius 1 is 1.71 bits per heavy atom. The predicted molar refractivity (Wildman–Crippen MR) is 36.5 cm³/mol. The van der Waals surface area contributed by atoms with E-state index in [1.807, 2.05) is 13.8 Å². The van der Waals surface area contributed by atoms with Crippen molar-refractivity contribution in [3.05, 3.63) is 11.6 Å². The minimum atomic E-state index is 0.310. The highest BCUT2D eigenvalue weighted by Gasteiger charge is 1.92. The Balaban J connectivity index is 3.56. The van der Waals surface area contributed by atoms with Gasteiger partial charge in [0, 0.05) is 5.25 Å². The van der Waals surface area contributed by atoms with Crippen LogP contribution >= 0.6 is 12.6 Å². The summed E-state index contributed by atoms with van der Waals surface area (Å²) in [4.78, 5) is 0. The highest BCUT2D eigenvalue weighted by molar-refractivity contribution is 7.81. The maximum absolute atomic E-state index is 4.93. The standard InChI is InChI=1S/C6H11S/c1-4-5(2)6(3)7/h4,6H,1-3H3/b5-4+. The van der Waals surface area contributed by atoms with Crippen LogP contribution in [0.1, 0.15) is 20.8 Å². The summed E-state index contributed by atoms with van der Waals surface area (Å²) < 4.78 is 0. The summed E-state index contributed by atoms with van der Waals surface area (Å²) in [6, 6.07) is 0. The molecule has 1 atom stereocenters. The van der Waals surface area contributed by atoms with Gasteiger partial charge in [0.2, 0.25) is 0 Å². The lowest BCUT2D eigenvalue weighted by Crippen LogP contribution is -1.89. The van der Waals surface area contributed by atoms with Crippen LogP contribution in [-0.4, -0.2) is 5.25 Å². The minimum Gasteiger partial charge on any atom is -0.0876 e. The molecule has 0 nitrogen and oxygen atoms in total. The van der Waals surface area contributed by atoms with E-state index >= 15 is 0 Å². The summed E-state index contributed by atoms with van der Waals surface area (Å²) >= 11 is 4.93. The summed E-state index contributed by atoms with van der Waals surface area (Å²) in [5.74, 6) is 0. The zero-order valence-electron chi connectivity index (χ0n) is 5.06. The molecule has 1 radical (unpaired) electrons. The number of hydrogen-bond donors (Lipinski definition) is 0. The maximum atomic E-state index is 4.93. The number of rotatable bonds is 1. The molecule has 7 heavy (non-hydrogen) atoms. The Hall–Kier alpha value is 0.0900. The van der Waals surface area contributed by atoms with Crippen molar-refractivity contribution in [3.63, 3.8) is 0 Å². The van der Waals surface area contributed by atoms with Gasteiger partial charge in [0.1, 0.15) is 0 Å². The molecule has 1 unspecified atom stereocenters. The second-order valence-corrected chi connectivity index (χ2v) is 2.38. The quantitative estimate of drug-likeness (QED) is 0.461. The fourth-order valence-electron chi connectivity index (χ4n) is 0.235. The third-order valence-electron chi connectivity index (χ3n) is 1.10. The Morgan fingerprint density at radius 2 is 2.14 bits per heavy atom. The van der Waals surface area contributed by atoms with Gasteiger partial charge in [-0.15, -0.1) is 0 Å². The molecule has 1 heteroatoms. The van der Waals surface area contributed by atoms with Gasteiger partial charge >= 0.3 is 0 Å². The molecule has 0 aliphatic rings. The van der Waals surface area contributed by atoms with E-state index in [2.05, 4.69) is 13.0 Å². The molecule has 0 rings (SSSR count). The van der Waals surface area contributed by atoms with Gasteiger partial charge in [-0.05, 0) is 20.8 Å². The molecule has 0 amide bonds. The molecule has 0 saturated heterocycles. The van der Waals surface area contributed by atoms with E-state index in [0.29, 0.717) is 5.25 Å². The summed E-state index contributed by atoms with van der Waals surface area (Å²) in [5.41, 5.74) is 1.29. The van der Waals surface area contributed by atoms with Crippen molar-refractivity contribution in [1.82, 2.24) is 0 Å². The fourth-order valence-corrected chi connectivity index (χ4v) is 0.371. The van der Waals surface area contributed by atoms with Crippen LogP contribution in [0.2, 0.25) is 0 Å². The summed E-state index contributed by atoms with van der Waals surface area (Å²) in [5, 5.41) is 0.310. The molecule has 0 aromatic heterocycles. The smallest absolute Gasteiger partial charge is 0.0329 e. The molecule has 0 heterocycles. The monoisotopic (exact) mass is 115 g/mol. The van der Waals surface area contributed by atoms with E-state index in [0.717, 1.165) is 0 Å². The molecule has 0 aliphatic heterocycles. The van der Waals surface area contributed by atoms with Crippen LogP contribution in [0.15, 0.2) is 11.6 Å². The van der Waals surface area contributed by atoms with Crippen LogP contribution in [0.25, 0.3) is 0 Å². The van der Waals surface area contributed by atoms with Gasteiger partial charge in [0.25, 0.3) is 0 Å². The maximum Gasteiger partial charge on any atom is 0.0329 e. The van der Waals surface area contributed by atoms with Crippen LogP contribution in [0.3, 0.4) is 0 Å². The minimum absolute atomic E-state index is 0.310. The molecule has 0 spiro atoms. The van der Waals surface area contributed by atoms with E-state index in [1.54, 1.807) is 0 Å². The van der Waals surface area contributed by atoms with E-state index in [1.165, 1.54) is 5.57 Å². The van der Waals surface area contributed by atoms with Crippen LogP contribution in [0, 0.1) is 0 Å². The van der Waals surface area contributed by atoms with E-state index in [9.17, 15) is 0 Å². The molecule has 0 saturated carbocycles. The van der Waals surface area contributed by atoms with E-state index < -0.39 is 0 Å². The summed E-state index contributed by atoms with van der Waals surface area (Å²) in [6.45, 7) is 6.08. The van der Waals surface area contributed by atoms with Crippen molar-refractivity contribution in [2.75, 3.05) is 0 Å². The first kappa shape index (κ1) is 7.09. The molecule has 0 aliphatic carbocycles. The topological polar surface area (TPSA) is 0 Å². The van der Waals surface area contributed by atoms with E-state index in [4.69, 9.17) is 12.6 Å². The first-order chi connectivity index (χ1) is 3.18. The highest BCUT2D eigenvalue weighted by atomic mass is 32.1. The van der Waals surface area contributed by atoms with Crippen LogP contribution in [-0.2, 0) is 0 Å². The second kappa shape index (κ2) is 3.14. The van der Waals surface area contributed by atoms with Crippen molar-refractivity contribution in [2.45, 2.75) is 26.0 Å². The predicted octanol–water partition coefficient (Wildman–Crippen LogP) is 2.54.